The topological polar surface area (TPSA) is 21.3 Å². The normalized spacial score (nSPS) is 26.2. The van der Waals surface area contributed by atoms with E-state index in [0.29, 0.717) is 6.04 Å². The van der Waals surface area contributed by atoms with Crippen LogP contribution in [0.5, 0.6) is 5.75 Å². The maximum absolute atomic E-state index is 12.9. The molecular weight excluding hydrogens is 229 g/mol. The summed E-state index contributed by atoms with van der Waals surface area (Å²) in [7, 11) is 0. The van der Waals surface area contributed by atoms with Gasteiger partial charge in [-0.15, -0.1) is 0 Å². The number of ether oxygens (including phenoxy) is 1. The molecule has 2 unspecified atom stereocenters. The highest BCUT2D eigenvalue weighted by molar-refractivity contribution is 5.23. The van der Waals surface area contributed by atoms with Gasteiger partial charge in [0.2, 0.25) is 0 Å². The first-order valence-corrected chi connectivity index (χ1v) is 6.68. The molecule has 0 bridgehead atoms. The van der Waals surface area contributed by atoms with Gasteiger partial charge in [0.15, 0.2) is 0 Å². The summed E-state index contributed by atoms with van der Waals surface area (Å²) in [6.07, 6.45) is 2.36. The molecule has 18 heavy (non-hydrogen) atoms. The van der Waals surface area contributed by atoms with E-state index in [9.17, 15) is 4.39 Å². The second-order valence-corrected chi connectivity index (χ2v) is 5.67. The third-order valence-electron chi connectivity index (χ3n) is 3.81. The lowest BCUT2D eigenvalue weighted by Crippen LogP contribution is -2.46. The van der Waals surface area contributed by atoms with E-state index < -0.39 is 0 Å². The van der Waals surface area contributed by atoms with Gasteiger partial charge in [0.05, 0.1) is 0 Å². The fourth-order valence-corrected chi connectivity index (χ4v) is 2.78. The number of hydrogen-bond donors (Lipinski definition) is 1. The van der Waals surface area contributed by atoms with Crippen molar-refractivity contribution in [1.82, 2.24) is 5.32 Å². The van der Waals surface area contributed by atoms with Crippen molar-refractivity contribution in [2.75, 3.05) is 6.54 Å². The van der Waals surface area contributed by atoms with Gasteiger partial charge in [-0.05, 0) is 49.1 Å². The van der Waals surface area contributed by atoms with Crippen molar-refractivity contribution in [3.8, 4) is 5.75 Å². The van der Waals surface area contributed by atoms with Crippen LogP contribution >= 0.6 is 0 Å². The van der Waals surface area contributed by atoms with Crippen molar-refractivity contribution in [3.63, 3.8) is 0 Å². The van der Waals surface area contributed by atoms with Gasteiger partial charge < -0.3 is 10.1 Å². The molecule has 2 rings (SSSR count). The van der Waals surface area contributed by atoms with Crippen LogP contribution < -0.4 is 10.1 Å². The molecule has 0 radical (unpaired) electrons. The lowest BCUT2D eigenvalue weighted by molar-refractivity contribution is 0.141. The smallest absolute Gasteiger partial charge is 0.123 e. The molecule has 1 aromatic rings. The van der Waals surface area contributed by atoms with Crippen molar-refractivity contribution >= 4 is 0 Å². The average Bonchev–Trinajstić information content (AvgIpc) is 2.60. The van der Waals surface area contributed by atoms with Crippen LogP contribution in [0.4, 0.5) is 4.39 Å². The van der Waals surface area contributed by atoms with Crippen molar-refractivity contribution in [2.45, 2.75) is 45.8 Å². The molecule has 1 aromatic carbocycles. The summed E-state index contributed by atoms with van der Waals surface area (Å²) >= 11 is 0. The molecule has 0 saturated heterocycles. The molecule has 0 amide bonds. The quantitative estimate of drug-likeness (QED) is 0.886. The molecule has 0 aromatic heterocycles. The highest BCUT2D eigenvalue weighted by Crippen LogP contribution is 2.39. The van der Waals surface area contributed by atoms with Crippen LogP contribution in [0.3, 0.4) is 0 Å². The molecule has 0 aliphatic heterocycles. The van der Waals surface area contributed by atoms with Crippen LogP contribution in [-0.4, -0.2) is 18.7 Å². The first-order valence-electron chi connectivity index (χ1n) is 6.68. The van der Waals surface area contributed by atoms with Gasteiger partial charge in [-0.1, -0.05) is 20.8 Å². The van der Waals surface area contributed by atoms with Crippen LogP contribution in [0.2, 0.25) is 0 Å². The fourth-order valence-electron chi connectivity index (χ4n) is 2.78. The Morgan fingerprint density at radius 2 is 2.00 bits per heavy atom. The average molecular weight is 251 g/mol. The van der Waals surface area contributed by atoms with E-state index in [0.717, 1.165) is 25.1 Å². The minimum absolute atomic E-state index is 0.172. The zero-order valence-corrected chi connectivity index (χ0v) is 11.4. The van der Waals surface area contributed by atoms with Gasteiger partial charge in [0.25, 0.3) is 0 Å². The molecule has 1 aliphatic rings. The molecule has 1 fully saturated rings. The number of halogens is 1. The van der Waals surface area contributed by atoms with E-state index in [-0.39, 0.29) is 17.3 Å². The number of benzene rings is 1. The third-order valence-corrected chi connectivity index (χ3v) is 3.81. The molecular formula is C15H22FNO. The van der Waals surface area contributed by atoms with E-state index >= 15 is 0 Å². The maximum Gasteiger partial charge on any atom is 0.123 e. The SMILES string of the molecule is CCNC1C(Oc2ccc(F)cc2)CCC1(C)C. The second-order valence-electron chi connectivity index (χ2n) is 5.67. The van der Waals surface area contributed by atoms with Crippen LogP contribution in [0.15, 0.2) is 24.3 Å². The summed E-state index contributed by atoms with van der Waals surface area (Å²) in [5.74, 6) is 0.527. The van der Waals surface area contributed by atoms with Crippen molar-refractivity contribution in [1.29, 1.82) is 0 Å². The lowest BCUT2D eigenvalue weighted by Gasteiger charge is -2.31. The standard InChI is InChI=1S/C15H22FNO/c1-4-17-14-13(9-10-15(14,2)3)18-12-7-5-11(16)6-8-12/h5-8,13-14,17H,4,9-10H2,1-3H3. The van der Waals surface area contributed by atoms with E-state index in [4.69, 9.17) is 4.74 Å². The summed E-state index contributed by atoms with van der Waals surface area (Å²) in [6, 6.07) is 6.63. The predicted octanol–water partition coefficient (Wildman–Crippen LogP) is 3.37. The summed E-state index contributed by atoms with van der Waals surface area (Å²) in [6.45, 7) is 7.60. The zero-order valence-electron chi connectivity index (χ0n) is 11.4. The van der Waals surface area contributed by atoms with E-state index in [1.54, 1.807) is 12.1 Å². The molecule has 1 N–H and O–H groups in total. The van der Waals surface area contributed by atoms with Gasteiger partial charge >= 0.3 is 0 Å². The third kappa shape index (κ3) is 2.83. The van der Waals surface area contributed by atoms with Gasteiger partial charge in [0.1, 0.15) is 17.7 Å². The Morgan fingerprint density at radius 1 is 1.33 bits per heavy atom. The van der Waals surface area contributed by atoms with Crippen molar-refractivity contribution < 1.29 is 9.13 Å². The highest BCUT2D eigenvalue weighted by atomic mass is 19.1. The molecule has 2 atom stereocenters. The Morgan fingerprint density at radius 3 is 2.61 bits per heavy atom. The molecule has 0 heterocycles. The van der Waals surface area contributed by atoms with Gasteiger partial charge in [0, 0.05) is 6.04 Å². The van der Waals surface area contributed by atoms with Crippen LogP contribution in [0, 0.1) is 11.2 Å². The molecule has 1 aliphatic carbocycles. The van der Waals surface area contributed by atoms with Gasteiger partial charge in [-0.25, -0.2) is 4.39 Å². The molecule has 100 valence electrons. The number of hydrogen-bond acceptors (Lipinski definition) is 2. The van der Waals surface area contributed by atoms with Gasteiger partial charge in [-0.3, -0.25) is 0 Å². The summed E-state index contributed by atoms with van der Waals surface area (Å²) < 4.78 is 18.9. The van der Waals surface area contributed by atoms with Crippen molar-refractivity contribution in [2.24, 2.45) is 5.41 Å². The minimum atomic E-state index is -0.225. The predicted molar refractivity (Wildman–Crippen MR) is 71.3 cm³/mol. The Hall–Kier alpha value is -1.09. The van der Waals surface area contributed by atoms with E-state index in [2.05, 4.69) is 26.1 Å². The van der Waals surface area contributed by atoms with Crippen LogP contribution in [0.25, 0.3) is 0 Å². The second kappa shape index (κ2) is 5.27. The maximum atomic E-state index is 12.9. The number of nitrogens with one attached hydrogen (secondary N) is 1. The number of likely N-dealkylation sites (N-methyl/N-ethyl adjacent to an activating group) is 1. The van der Waals surface area contributed by atoms with E-state index in [1.807, 2.05) is 0 Å². The Bertz CT molecular complexity index is 388. The molecule has 3 heteroatoms. The zero-order chi connectivity index (χ0) is 13.2. The summed E-state index contributed by atoms with van der Waals surface area (Å²) in [5, 5.41) is 3.52. The Kier molecular flexibility index (Phi) is 3.91. The van der Waals surface area contributed by atoms with Crippen molar-refractivity contribution in [3.05, 3.63) is 30.1 Å². The number of rotatable bonds is 4. The molecule has 0 spiro atoms. The van der Waals surface area contributed by atoms with E-state index in [1.165, 1.54) is 12.1 Å². The fraction of sp³-hybridized carbons (Fsp3) is 0.600. The molecule has 1 saturated carbocycles. The minimum Gasteiger partial charge on any atom is -0.489 e. The highest BCUT2D eigenvalue weighted by Gasteiger charge is 2.42. The summed E-state index contributed by atoms with van der Waals surface area (Å²) in [5.41, 5.74) is 0.251. The van der Waals surface area contributed by atoms with Crippen LogP contribution in [0.1, 0.15) is 33.6 Å². The first kappa shape index (κ1) is 13.3. The van der Waals surface area contributed by atoms with Gasteiger partial charge in [-0.2, -0.15) is 0 Å². The monoisotopic (exact) mass is 251 g/mol. The first-order chi connectivity index (χ1) is 8.53. The lowest BCUT2D eigenvalue weighted by atomic mass is 9.87. The molecule has 2 nitrogen and oxygen atoms in total. The largest absolute Gasteiger partial charge is 0.489 e. The Labute approximate surface area is 109 Å². The summed E-state index contributed by atoms with van der Waals surface area (Å²) in [4.78, 5) is 0. The Balaban J connectivity index is 2.06. The van der Waals surface area contributed by atoms with Crippen LogP contribution in [-0.2, 0) is 0 Å².